The first-order valence-corrected chi connectivity index (χ1v) is 10.2. The van der Waals surface area contributed by atoms with E-state index in [0.717, 1.165) is 29.3 Å². The van der Waals surface area contributed by atoms with E-state index < -0.39 is 26.7 Å². The lowest BCUT2D eigenvalue weighted by molar-refractivity contribution is -0.139. The molecule has 154 valence electrons. The van der Waals surface area contributed by atoms with E-state index in [1.807, 2.05) is 31.2 Å². The summed E-state index contributed by atoms with van der Waals surface area (Å²) < 4.78 is 66.0. The number of rotatable bonds is 7. The van der Waals surface area contributed by atoms with Crippen LogP contribution < -0.4 is 4.72 Å². The molecule has 0 saturated heterocycles. The topological polar surface area (TPSA) is 87.7 Å². The zero-order chi connectivity index (χ0) is 21.1. The van der Waals surface area contributed by atoms with Crippen LogP contribution in [-0.2, 0) is 29.0 Å². The Labute approximate surface area is 166 Å². The van der Waals surface area contributed by atoms with Gasteiger partial charge in [0.15, 0.2) is 5.82 Å². The van der Waals surface area contributed by atoms with Gasteiger partial charge in [-0.1, -0.05) is 42.0 Å². The number of halogens is 3. The molecule has 2 N–H and O–H groups in total. The third-order valence-corrected chi connectivity index (χ3v) is 5.67. The van der Waals surface area contributed by atoms with E-state index in [2.05, 4.69) is 19.9 Å². The molecule has 0 fully saturated rings. The molecule has 1 heterocycles. The van der Waals surface area contributed by atoms with Crippen LogP contribution in [0.2, 0.25) is 0 Å². The Hall–Kier alpha value is -2.72. The first kappa shape index (κ1) is 21.0. The second-order valence-corrected chi connectivity index (χ2v) is 8.24. The number of aromatic nitrogens is 3. The highest BCUT2D eigenvalue weighted by atomic mass is 32.2. The fourth-order valence-corrected chi connectivity index (χ4v) is 4.11. The molecule has 0 unspecified atom stereocenters. The number of benzene rings is 2. The quantitative estimate of drug-likeness (QED) is 0.610. The van der Waals surface area contributed by atoms with Crippen molar-refractivity contribution in [1.82, 2.24) is 19.9 Å². The van der Waals surface area contributed by atoms with Crippen molar-refractivity contribution in [2.45, 2.75) is 30.8 Å². The summed E-state index contributed by atoms with van der Waals surface area (Å²) in [5.41, 5.74) is 0.971. The molecule has 10 heteroatoms. The average Bonchev–Trinajstić information content (AvgIpc) is 3.08. The van der Waals surface area contributed by atoms with Gasteiger partial charge in [0, 0.05) is 19.4 Å². The highest BCUT2D eigenvalue weighted by molar-refractivity contribution is 7.89. The lowest BCUT2D eigenvalue weighted by Crippen LogP contribution is -2.28. The van der Waals surface area contributed by atoms with Crippen LogP contribution in [0.5, 0.6) is 0 Å². The molecule has 0 spiro atoms. The maximum absolute atomic E-state index is 13.1. The van der Waals surface area contributed by atoms with Gasteiger partial charge in [-0.15, -0.1) is 0 Å². The maximum Gasteiger partial charge on any atom is 0.417 e. The third kappa shape index (κ3) is 5.42. The van der Waals surface area contributed by atoms with Crippen molar-refractivity contribution in [2.75, 3.05) is 6.54 Å². The van der Waals surface area contributed by atoms with Gasteiger partial charge in [-0.25, -0.2) is 18.1 Å². The predicted molar refractivity (Wildman–Crippen MR) is 101 cm³/mol. The highest BCUT2D eigenvalue weighted by Crippen LogP contribution is 2.33. The van der Waals surface area contributed by atoms with Gasteiger partial charge < -0.3 is 0 Å². The molecule has 29 heavy (non-hydrogen) atoms. The van der Waals surface area contributed by atoms with E-state index in [9.17, 15) is 21.6 Å². The molecule has 0 aliphatic carbocycles. The number of nitrogens with zero attached hydrogens (tertiary/aromatic N) is 2. The van der Waals surface area contributed by atoms with Gasteiger partial charge in [-0.2, -0.15) is 18.3 Å². The van der Waals surface area contributed by atoms with Gasteiger partial charge in [0.2, 0.25) is 10.0 Å². The Morgan fingerprint density at radius 3 is 2.59 bits per heavy atom. The molecule has 3 aromatic rings. The largest absolute Gasteiger partial charge is 0.417 e. The Bertz CT molecular complexity index is 1090. The van der Waals surface area contributed by atoms with E-state index in [1.165, 1.54) is 6.07 Å². The Morgan fingerprint density at radius 1 is 1.10 bits per heavy atom. The van der Waals surface area contributed by atoms with Crippen LogP contribution in [0.25, 0.3) is 0 Å². The predicted octanol–water partition coefficient (Wildman–Crippen LogP) is 3.24. The lowest BCUT2D eigenvalue weighted by Gasteiger charge is -2.13. The van der Waals surface area contributed by atoms with Crippen LogP contribution in [0.15, 0.2) is 53.4 Å². The summed E-state index contributed by atoms with van der Waals surface area (Å²) in [6.45, 7) is 1.86. The molecule has 0 radical (unpaired) electrons. The summed E-state index contributed by atoms with van der Waals surface area (Å²) in [5.74, 6) is 0.996. The highest BCUT2D eigenvalue weighted by Gasteiger charge is 2.36. The molecule has 1 aromatic heterocycles. The van der Waals surface area contributed by atoms with Crippen LogP contribution in [-0.4, -0.2) is 30.1 Å². The summed E-state index contributed by atoms with van der Waals surface area (Å²) in [7, 11) is -4.33. The molecule has 0 atom stereocenters. The number of hydrogen-bond acceptors (Lipinski definition) is 4. The monoisotopic (exact) mass is 424 g/mol. The standard InChI is InChI=1S/C19H19F3N4O2S/c1-13-5-4-6-14(11-13)12-18-24-17(25-26-18)9-10-23-29(27,28)16-8-3-2-7-15(16)19(20,21)22/h2-8,11,23H,9-10,12H2,1H3,(H,24,25,26). The van der Waals surface area contributed by atoms with Gasteiger partial charge >= 0.3 is 6.18 Å². The number of sulfonamides is 1. The zero-order valence-electron chi connectivity index (χ0n) is 15.5. The number of hydrogen-bond donors (Lipinski definition) is 2. The van der Waals surface area contributed by atoms with Crippen molar-refractivity contribution >= 4 is 10.0 Å². The van der Waals surface area contributed by atoms with Gasteiger partial charge in [-0.05, 0) is 24.6 Å². The van der Waals surface area contributed by atoms with Crippen molar-refractivity contribution in [3.63, 3.8) is 0 Å². The van der Waals surface area contributed by atoms with Crippen molar-refractivity contribution in [2.24, 2.45) is 0 Å². The van der Waals surface area contributed by atoms with Crippen molar-refractivity contribution in [1.29, 1.82) is 0 Å². The summed E-state index contributed by atoms with van der Waals surface area (Å²) in [6, 6.07) is 12.0. The van der Waals surface area contributed by atoms with E-state index in [0.29, 0.717) is 18.1 Å². The molecule has 0 aliphatic heterocycles. The summed E-state index contributed by atoms with van der Waals surface area (Å²) in [5, 5.41) is 6.83. The van der Waals surface area contributed by atoms with Crippen molar-refractivity contribution in [3.8, 4) is 0 Å². The number of nitrogens with one attached hydrogen (secondary N) is 2. The smallest absolute Gasteiger partial charge is 0.263 e. The summed E-state index contributed by atoms with van der Waals surface area (Å²) >= 11 is 0. The first-order valence-electron chi connectivity index (χ1n) is 8.77. The SMILES string of the molecule is Cc1cccc(Cc2nc(CCNS(=O)(=O)c3ccccc3C(F)(F)F)n[nH]2)c1. The molecule has 0 aliphatic rings. The molecular formula is C19H19F3N4O2S. The van der Waals surface area contributed by atoms with Crippen LogP contribution in [0, 0.1) is 6.92 Å². The normalized spacial score (nSPS) is 12.3. The first-order chi connectivity index (χ1) is 13.6. The Balaban J connectivity index is 1.63. The van der Waals surface area contributed by atoms with Gasteiger partial charge in [0.1, 0.15) is 5.82 Å². The van der Waals surface area contributed by atoms with Crippen LogP contribution in [0.3, 0.4) is 0 Å². The minimum Gasteiger partial charge on any atom is -0.263 e. The number of alkyl halides is 3. The maximum atomic E-state index is 13.1. The fourth-order valence-electron chi connectivity index (χ4n) is 2.85. The van der Waals surface area contributed by atoms with Gasteiger partial charge in [0.25, 0.3) is 0 Å². The molecular weight excluding hydrogens is 405 g/mol. The molecule has 0 amide bonds. The average molecular weight is 424 g/mol. The third-order valence-electron chi connectivity index (χ3n) is 4.15. The van der Waals surface area contributed by atoms with Crippen LogP contribution in [0.4, 0.5) is 13.2 Å². The molecule has 0 bridgehead atoms. The summed E-state index contributed by atoms with van der Waals surface area (Å²) in [4.78, 5) is 3.50. The molecule has 2 aromatic carbocycles. The van der Waals surface area contributed by atoms with Crippen LogP contribution in [0.1, 0.15) is 28.3 Å². The van der Waals surface area contributed by atoms with Crippen molar-refractivity contribution in [3.05, 3.63) is 76.9 Å². The van der Waals surface area contributed by atoms with E-state index >= 15 is 0 Å². The number of aryl methyl sites for hydroxylation is 1. The Kier molecular flexibility index (Phi) is 6.04. The molecule has 3 rings (SSSR count). The van der Waals surface area contributed by atoms with Gasteiger partial charge in [0.05, 0.1) is 10.5 Å². The summed E-state index contributed by atoms with van der Waals surface area (Å²) in [6.07, 6.45) is -4.09. The molecule has 6 nitrogen and oxygen atoms in total. The lowest BCUT2D eigenvalue weighted by atomic mass is 10.1. The number of H-pyrrole nitrogens is 1. The van der Waals surface area contributed by atoms with E-state index in [1.54, 1.807) is 0 Å². The van der Waals surface area contributed by atoms with E-state index in [-0.39, 0.29) is 13.0 Å². The Morgan fingerprint density at radius 2 is 1.86 bits per heavy atom. The van der Waals surface area contributed by atoms with Gasteiger partial charge in [-0.3, -0.25) is 5.10 Å². The second kappa shape index (κ2) is 8.34. The fraction of sp³-hybridized carbons (Fsp3) is 0.263. The number of aromatic amines is 1. The molecule has 0 saturated carbocycles. The van der Waals surface area contributed by atoms with Crippen LogP contribution >= 0.6 is 0 Å². The van der Waals surface area contributed by atoms with Crippen molar-refractivity contribution < 1.29 is 21.6 Å². The van der Waals surface area contributed by atoms with E-state index in [4.69, 9.17) is 0 Å². The minimum absolute atomic E-state index is 0.129. The minimum atomic E-state index is -4.76. The zero-order valence-corrected chi connectivity index (χ0v) is 16.3. The second-order valence-electron chi connectivity index (χ2n) is 6.51.